The normalized spacial score (nSPS) is 12.6. The fourth-order valence-electron chi connectivity index (χ4n) is 2.95. The van der Waals surface area contributed by atoms with Crippen LogP contribution in [0.2, 0.25) is 0 Å². The molecular weight excluding hydrogens is 398 g/mol. The van der Waals surface area contributed by atoms with Gasteiger partial charge in [0.05, 0.1) is 17.9 Å². The van der Waals surface area contributed by atoms with Crippen LogP contribution in [0.3, 0.4) is 0 Å². The highest BCUT2D eigenvalue weighted by Gasteiger charge is 2.16. The number of nitrogens with one attached hydrogen (secondary N) is 2. The zero-order valence-corrected chi connectivity index (χ0v) is 16.2. The van der Waals surface area contributed by atoms with Crippen LogP contribution < -0.4 is 10.6 Å². The lowest BCUT2D eigenvalue weighted by atomic mass is 9.95. The van der Waals surface area contributed by atoms with Crippen LogP contribution in [0, 0.1) is 23.0 Å². The van der Waals surface area contributed by atoms with Crippen molar-refractivity contribution >= 4 is 29.3 Å². The molecule has 1 aromatic heterocycles. The van der Waals surface area contributed by atoms with E-state index >= 15 is 0 Å². The summed E-state index contributed by atoms with van der Waals surface area (Å²) in [4.78, 5) is 28.4. The highest BCUT2D eigenvalue weighted by Crippen LogP contribution is 2.27. The average Bonchev–Trinajstić information content (AvgIpc) is 2.72. The second-order valence-electron chi connectivity index (χ2n) is 6.51. The summed E-state index contributed by atoms with van der Waals surface area (Å²) in [5.74, 6) is -3.06. The topological polar surface area (TPSA) is 94.9 Å². The number of thioether (sulfide) groups is 1. The standard InChI is InChI=1S/C20H18F2N4O2S/c21-15-6-5-14(8-16(15)22)25-18(27)10-24-19(28)11-29-20-13(9-23)7-12-3-1-2-4-17(12)26-20/h5-8H,1-4,10-11H2,(H,24,28)(H,25,27). The number of hydrogen-bond acceptors (Lipinski definition) is 5. The Hall–Kier alpha value is -2.99. The molecule has 0 radical (unpaired) electrons. The molecule has 0 bridgehead atoms. The van der Waals surface area contributed by atoms with Gasteiger partial charge in [-0.25, -0.2) is 13.8 Å². The van der Waals surface area contributed by atoms with E-state index in [-0.39, 0.29) is 18.0 Å². The van der Waals surface area contributed by atoms with E-state index in [1.807, 2.05) is 6.07 Å². The SMILES string of the molecule is N#Cc1cc2c(nc1SCC(=O)NCC(=O)Nc1ccc(F)c(F)c1)CCCC2. The summed E-state index contributed by atoms with van der Waals surface area (Å²) >= 11 is 1.14. The van der Waals surface area contributed by atoms with Crippen molar-refractivity contribution < 1.29 is 18.4 Å². The van der Waals surface area contributed by atoms with Crippen LogP contribution in [0.5, 0.6) is 0 Å². The molecule has 0 spiro atoms. The molecule has 3 rings (SSSR count). The number of hydrogen-bond donors (Lipinski definition) is 2. The van der Waals surface area contributed by atoms with Crippen molar-refractivity contribution in [3.05, 3.63) is 52.7 Å². The minimum atomic E-state index is -1.07. The van der Waals surface area contributed by atoms with Gasteiger partial charge in [-0.1, -0.05) is 11.8 Å². The molecule has 29 heavy (non-hydrogen) atoms. The Morgan fingerprint density at radius 3 is 2.69 bits per heavy atom. The third kappa shape index (κ3) is 5.51. The fraction of sp³-hybridized carbons (Fsp3) is 0.300. The molecule has 9 heteroatoms. The molecular formula is C20H18F2N4O2S. The van der Waals surface area contributed by atoms with E-state index in [1.54, 1.807) is 0 Å². The first-order chi connectivity index (χ1) is 14.0. The van der Waals surface area contributed by atoms with E-state index < -0.39 is 23.4 Å². The molecule has 1 aliphatic carbocycles. The van der Waals surface area contributed by atoms with Crippen LogP contribution in [-0.2, 0) is 22.4 Å². The molecule has 2 N–H and O–H groups in total. The number of benzene rings is 1. The van der Waals surface area contributed by atoms with Gasteiger partial charge in [0.15, 0.2) is 11.6 Å². The first-order valence-electron chi connectivity index (χ1n) is 9.03. The molecule has 1 heterocycles. The van der Waals surface area contributed by atoms with E-state index in [2.05, 4.69) is 21.7 Å². The second kappa shape index (κ2) is 9.47. The van der Waals surface area contributed by atoms with Gasteiger partial charge in [0.2, 0.25) is 11.8 Å². The summed E-state index contributed by atoms with van der Waals surface area (Å²) in [6.07, 6.45) is 3.92. The maximum Gasteiger partial charge on any atom is 0.243 e. The van der Waals surface area contributed by atoms with Crippen LogP contribution in [0.1, 0.15) is 29.7 Å². The van der Waals surface area contributed by atoms with Gasteiger partial charge in [0.25, 0.3) is 0 Å². The third-order valence-electron chi connectivity index (χ3n) is 4.38. The van der Waals surface area contributed by atoms with Gasteiger partial charge in [-0.05, 0) is 49.4 Å². The summed E-state index contributed by atoms with van der Waals surface area (Å²) < 4.78 is 26.0. The largest absolute Gasteiger partial charge is 0.346 e. The Kier molecular flexibility index (Phi) is 6.77. The number of fused-ring (bicyclic) bond motifs is 1. The number of carbonyl (C=O) groups is 2. The molecule has 0 fully saturated rings. The number of anilines is 1. The van der Waals surface area contributed by atoms with Crippen LogP contribution in [0.15, 0.2) is 29.3 Å². The Balaban J connectivity index is 1.50. The quantitative estimate of drug-likeness (QED) is 0.706. The maximum atomic E-state index is 13.1. The molecule has 2 aromatic rings. The van der Waals surface area contributed by atoms with Gasteiger partial charge in [0, 0.05) is 17.4 Å². The Morgan fingerprint density at radius 2 is 1.93 bits per heavy atom. The van der Waals surface area contributed by atoms with Crippen molar-refractivity contribution in [3.63, 3.8) is 0 Å². The first-order valence-corrected chi connectivity index (χ1v) is 10.0. The van der Waals surface area contributed by atoms with Gasteiger partial charge in [-0.3, -0.25) is 9.59 Å². The third-order valence-corrected chi connectivity index (χ3v) is 5.37. The summed E-state index contributed by atoms with van der Waals surface area (Å²) in [5.41, 5.74) is 2.61. The monoisotopic (exact) mass is 416 g/mol. The average molecular weight is 416 g/mol. The minimum Gasteiger partial charge on any atom is -0.346 e. The number of pyridine rings is 1. The van der Waals surface area contributed by atoms with Gasteiger partial charge < -0.3 is 10.6 Å². The molecule has 0 saturated heterocycles. The molecule has 150 valence electrons. The zero-order valence-electron chi connectivity index (χ0n) is 15.4. The first kappa shape index (κ1) is 20.7. The van der Waals surface area contributed by atoms with Gasteiger partial charge in [0.1, 0.15) is 11.1 Å². The van der Waals surface area contributed by atoms with Crippen LogP contribution >= 0.6 is 11.8 Å². The van der Waals surface area contributed by atoms with Crippen molar-refractivity contribution in [1.29, 1.82) is 5.26 Å². The number of aromatic nitrogens is 1. The van der Waals surface area contributed by atoms with Crippen LogP contribution in [-0.4, -0.2) is 29.1 Å². The van der Waals surface area contributed by atoms with Crippen molar-refractivity contribution in [2.45, 2.75) is 30.7 Å². The number of carbonyl (C=O) groups excluding carboxylic acids is 2. The number of nitriles is 1. The van der Waals surface area contributed by atoms with Crippen LogP contribution in [0.4, 0.5) is 14.5 Å². The van der Waals surface area contributed by atoms with Crippen molar-refractivity contribution in [2.75, 3.05) is 17.6 Å². The molecule has 0 atom stereocenters. The summed E-state index contributed by atoms with van der Waals surface area (Å²) in [7, 11) is 0. The lowest BCUT2D eigenvalue weighted by molar-refractivity contribution is -0.122. The number of rotatable bonds is 6. The number of halogens is 2. The summed E-state index contributed by atoms with van der Waals surface area (Å²) in [6, 6.07) is 6.94. The lowest BCUT2D eigenvalue weighted by Gasteiger charge is -2.16. The highest BCUT2D eigenvalue weighted by atomic mass is 32.2. The number of amides is 2. The Morgan fingerprint density at radius 1 is 1.14 bits per heavy atom. The predicted molar refractivity (Wildman–Crippen MR) is 104 cm³/mol. The zero-order chi connectivity index (χ0) is 20.8. The Bertz CT molecular complexity index is 991. The van der Waals surface area contributed by atoms with E-state index in [0.717, 1.165) is 60.8 Å². The molecule has 0 aliphatic heterocycles. The smallest absolute Gasteiger partial charge is 0.243 e. The molecule has 0 unspecified atom stereocenters. The summed E-state index contributed by atoms with van der Waals surface area (Å²) in [5, 5.41) is 14.7. The number of aryl methyl sites for hydroxylation is 2. The lowest BCUT2D eigenvalue weighted by Crippen LogP contribution is -2.34. The van der Waals surface area contributed by atoms with E-state index in [0.29, 0.717) is 10.6 Å². The van der Waals surface area contributed by atoms with Crippen molar-refractivity contribution in [2.24, 2.45) is 0 Å². The molecule has 1 aliphatic rings. The highest BCUT2D eigenvalue weighted by molar-refractivity contribution is 8.00. The fourth-order valence-corrected chi connectivity index (χ4v) is 3.75. The molecule has 1 aromatic carbocycles. The van der Waals surface area contributed by atoms with Gasteiger partial charge in [-0.2, -0.15) is 5.26 Å². The van der Waals surface area contributed by atoms with Crippen molar-refractivity contribution in [3.8, 4) is 6.07 Å². The number of nitrogens with zero attached hydrogens (tertiary/aromatic N) is 2. The van der Waals surface area contributed by atoms with Gasteiger partial charge in [-0.15, -0.1) is 0 Å². The van der Waals surface area contributed by atoms with Gasteiger partial charge >= 0.3 is 0 Å². The molecule has 0 saturated carbocycles. The second-order valence-corrected chi connectivity index (χ2v) is 7.47. The molecule has 2 amide bonds. The van der Waals surface area contributed by atoms with Crippen LogP contribution in [0.25, 0.3) is 0 Å². The minimum absolute atomic E-state index is 0.00107. The van der Waals surface area contributed by atoms with Crippen molar-refractivity contribution in [1.82, 2.24) is 10.3 Å². The predicted octanol–water partition coefficient (Wildman–Crippen LogP) is 2.96. The summed E-state index contributed by atoms with van der Waals surface area (Å²) in [6.45, 7) is -0.318. The van der Waals surface area contributed by atoms with E-state index in [1.165, 1.54) is 6.07 Å². The molecule has 6 nitrogen and oxygen atoms in total. The Labute approximate surface area is 170 Å². The maximum absolute atomic E-state index is 13.1. The van der Waals surface area contributed by atoms with E-state index in [9.17, 15) is 23.6 Å². The van der Waals surface area contributed by atoms with E-state index in [4.69, 9.17) is 0 Å².